The van der Waals surface area contributed by atoms with Gasteiger partial charge in [0.1, 0.15) is 5.76 Å². The van der Waals surface area contributed by atoms with Gasteiger partial charge in [0, 0.05) is 37.6 Å². The van der Waals surface area contributed by atoms with Crippen molar-refractivity contribution in [3.63, 3.8) is 0 Å². The van der Waals surface area contributed by atoms with Crippen LogP contribution in [0.1, 0.15) is 39.9 Å². The molecule has 0 aromatic carbocycles. The number of furan rings is 1. The van der Waals surface area contributed by atoms with Crippen LogP contribution in [-0.4, -0.2) is 36.1 Å². The van der Waals surface area contributed by atoms with Crippen molar-refractivity contribution >= 4 is 0 Å². The molecule has 0 spiro atoms. The Morgan fingerprint density at radius 2 is 2.21 bits per heavy atom. The summed E-state index contributed by atoms with van der Waals surface area (Å²) in [6.45, 7) is 11.5. The van der Waals surface area contributed by atoms with Crippen LogP contribution in [0.15, 0.2) is 22.8 Å². The van der Waals surface area contributed by atoms with Gasteiger partial charge in [0.2, 0.25) is 0 Å². The Morgan fingerprint density at radius 3 is 2.79 bits per heavy atom. The summed E-state index contributed by atoms with van der Waals surface area (Å²) >= 11 is 0. The van der Waals surface area contributed by atoms with Crippen molar-refractivity contribution in [2.45, 2.75) is 58.7 Å². The van der Waals surface area contributed by atoms with E-state index in [9.17, 15) is 0 Å². The number of nitrogens with zero attached hydrogens (tertiary/aromatic N) is 1. The summed E-state index contributed by atoms with van der Waals surface area (Å²) in [5.74, 6) is 1.78. The van der Waals surface area contributed by atoms with E-state index in [2.05, 4.69) is 44.0 Å². The molecular formula is C16H28N2O. The standard InChI is InChI=1S/C16H28N2O/c1-5-14-11-18(16(10-17-14)12(2)3)13(4)9-15-7-6-8-19-15/h6-8,12-14,16-17H,5,9-11H2,1-4H3. The minimum Gasteiger partial charge on any atom is -0.469 e. The predicted molar refractivity (Wildman–Crippen MR) is 79.3 cm³/mol. The highest BCUT2D eigenvalue weighted by atomic mass is 16.3. The topological polar surface area (TPSA) is 28.4 Å². The van der Waals surface area contributed by atoms with Crippen LogP contribution in [0.25, 0.3) is 0 Å². The van der Waals surface area contributed by atoms with E-state index in [-0.39, 0.29) is 0 Å². The number of nitrogens with one attached hydrogen (secondary N) is 1. The molecule has 3 unspecified atom stereocenters. The van der Waals surface area contributed by atoms with Crippen molar-refractivity contribution in [1.29, 1.82) is 0 Å². The van der Waals surface area contributed by atoms with E-state index in [0.717, 1.165) is 25.3 Å². The van der Waals surface area contributed by atoms with Crippen molar-refractivity contribution in [3.8, 4) is 0 Å². The summed E-state index contributed by atoms with van der Waals surface area (Å²) in [6.07, 6.45) is 3.98. The molecule has 2 rings (SSSR count). The monoisotopic (exact) mass is 264 g/mol. The summed E-state index contributed by atoms with van der Waals surface area (Å²) < 4.78 is 5.50. The Morgan fingerprint density at radius 1 is 1.42 bits per heavy atom. The first-order valence-electron chi connectivity index (χ1n) is 7.63. The van der Waals surface area contributed by atoms with Gasteiger partial charge in [0.15, 0.2) is 0 Å². The minimum atomic E-state index is 0.537. The van der Waals surface area contributed by atoms with Gasteiger partial charge in [-0.1, -0.05) is 20.8 Å². The highest BCUT2D eigenvalue weighted by Gasteiger charge is 2.32. The van der Waals surface area contributed by atoms with E-state index < -0.39 is 0 Å². The van der Waals surface area contributed by atoms with E-state index in [1.165, 1.54) is 6.42 Å². The third-order valence-electron chi connectivity index (χ3n) is 4.38. The molecule has 0 radical (unpaired) electrons. The van der Waals surface area contributed by atoms with E-state index >= 15 is 0 Å². The molecule has 19 heavy (non-hydrogen) atoms. The molecule has 0 saturated carbocycles. The van der Waals surface area contributed by atoms with Crippen LogP contribution in [-0.2, 0) is 6.42 Å². The third kappa shape index (κ3) is 3.61. The molecule has 1 fully saturated rings. The van der Waals surface area contributed by atoms with Gasteiger partial charge >= 0.3 is 0 Å². The highest BCUT2D eigenvalue weighted by molar-refractivity contribution is 5.01. The van der Waals surface area contributed by atoms with Crippen LogP contribution in [0.2, 0.25) is 0 Å². The van der Waals surface area contributed by atoms with Crippen molar-refractivity contribution in [3.05, 3.63) is 24.2 Å². The number of piperazine rings is 1. The van der Waals surface area contributed by atoms with Crippen LogP contribution in [0.4, 0.5) is 0 Å². The molecule has 1 aliphatic heterocycles. The fraction of sp³-hybridized carbons (Fsp3) is 0.750. The summed E-state index contributed by atoms with van der Waals surface area (Å²) in [6, 6.07) is 5.87. The second-order valence-electron chi connectivity index (χ2n) is 6.15. The first kappa shape index (κ1) is 14.6. The summed E-state index contributed by atoms with van der Waals surface area (Å²) in [7, 11) is 0. The predicted octanol–water partition coefficient (Wildman–Crippen LogP) is 2.92. The first-order valence-corrected chi connectivity index (χ1v) is 7.63. The SMILES string of the molecule is CCC1CN(C(C)Cc2ccco2)C(C(C)C)CN1. The molecule has 1 saturated heterocycles. The Bertz CT molecular complexity index is 361. The van der Waals surface area contributed by atoms with Crippen molar-refractivity contribution in [2.75, 3.05) is 13.1 Å². The second-order valence-corrected chi connectivity index (χ2v) is 6.15. The molecule has 2 heterocycles. The van der Waals surface area contributed by atoms with Gasteiger partial charge in [-0.3, -0.25) is 4.90 Å². The molecule has 1 aromatic heterocycles. The van der Waals surface area contributed by atoms with Gasteiger partial charge in [-0.05, 0) is 31.4 Å². The summed E-state index contributed by atoms with van der Waals surface area (Å²) in [5, 5.41) is 3.68. The van der Waals surface area contributed by atoms with Gasteiger partial charge in [0.25, 0.3) is 0 Å². The van der Waals surface area contributed by atoms with Crippen molar-refractivity contribution < 1.29 is 4.42 Å². The van der Waals surface area contributed by atoms with E-state index in [0.29, 0.717) is 24.0 Å². The maximum absolute atomic E-state index is 5.50. The zero-order valence-corrected chi connectivity index (χ0v) is 12.7. The average Bonchev–Trinajstić information content (AvgIpc) is 2.90. The summed E-state index contributed by atoms with van der Waals surface area (Å²) in [5.41, 5.74) is 0. The lowest BCUT2D eigenvalue weighted by Gasteiger charge is -2.45. The lowest BCUT2D eigenvalue weighted by Crippen LogP contribution is -2.60. The maximum atomic E-state index is 5.50. The molecule has 3 atom stereocenters. The second kappa shape index (κ2) is 6.58. The van der Waals surface area contributed by atoms with E-state index in [4.69, 9.17) is 4.42 Å². The van der Waals surface area contributed by atoms with Gasteiger partial charge in [-0.2, -0.15) is 0 Å². The van der Waals surface area contributed by atoms with Crippen molar-refractivity contribution in [2.24, 2.45) is 5.92 Å². The van der Waals surface area contributed by atoms with Crippen LogP contribution in [0, 0.1) is 5.92 Å². The molecule has 0 aliphatic carbocycles. The third-order valence-corrected chi connectivity index (χ3v) is 4.38. The van der Waals surface area contributed by atoms with Gasteiger partial charge in [0.05, 0.1) is 6.26 Å². The van der Waals surface area contributed by atoms with Crippen LogP contribution < -0.4 is 5.32 Å². The van der Waals surface area contributed by atoms with Gasteiger partial charge in [-0.25, -0.2) is 0 Å². The molecular weight excluding hydrogens is 236 g/mol. The zero-order valence-electron chi connectivity index (χ0n) is 12.7. The molecule has 1 N–H and O–H groups in total. The number of hydrogen-bond acceptors (Lipinski definition) is 3. The smallest absolute Gasteiger partial charge is 0.105 e. The van der Waals surface area contributed by atoms with Crippen LogP contribution >= 0.6 is 0 Å². The maximum Gasteiger partial charge on any atom is 0.105 e. The van der Waals surface area contributed by atoms with Crippen molar-refractivity contribution in [1.82, 2.24) is 10.2 Å². The Labute approximate surface area is 117 Å². The highest BCUT2D eigenvalue weighted by Crippen LogP contribution is 2.21. The molecule has 1 aliphatic rings. The molecule has 3 nitrogen and oxygen atoms in total. The lowest BCUT2D eigenvalue weighted by atomic mass is 9.95. The van der Waals surface area contributed by atoms with Crippen LogP contribution in [0.3, 0.4) is 0 Å². The normalized spacial score (nSPS) is 26.8. The fourth-order valence-corrected chi connectivity index (χ4v) is 3.10. The summed E-state index contributed by atoms with van der Waals surface area (Å²) in [4.78, 5) is 2.68. The van der Waals surface area contributed by atoms with Crippen LogP contribution in [0.5, 0.6) is 0 Å². The quantitative estimate of drug-likeness (QED) is 0.886. The average molecular weight is 264 g/mol. The fourth-order valence-electron chi connectivity index (χ4n) is 3.10. The number of rotatable bonds is 5. The Hall–Kier alpha value is -0.800. The largest absolute Gasteiger partial charge is 0.469 e. The molecule has 3 heteroatoms. The Kier molecular flexibility index (Phi) is 5.06. The zero-order chi connectivity index (χ0) is 13.8. The van der Waals surface area contributed by atoms with Gasteiger partial charge in [-0.15, -0.1) is 0 Å². The lowest BCUT2D eigenvalue weighted by molar-refractivity contribution is 0.0595. The number of hydrogen-bond donors (Lipinski definition) is 1. The molecule has 108 valence electrons. The van der Waals surface area contributed by atoms with E-state index in [1.54, 1.807) is 6.26 Å². The minimum absolute atomic E-state index is 0.537. The van der Waals surface area contributed by atoms with E-state index in [1.807, 2.05) is 6.07 Å². The molecule has 0 amide bonds. The van der Waals surface area contributed by atoms with Gasteiger partial charge < -0.3 is 9.73 Å². The molecule has 1 aromatic rings. The Balaban J connectivity index is 2.03. The first-order chi connectivity index (χ1) is 9.11. The molecule has 0 bridgehead atoms.